The molecule has 0 radical (unpaired) electrons. The lowest BCUT2D eigenvalue weighted by Gasteiger charge is -2.47. The summed E-state index contributed by atoms with van der Waals surface area (Å²) in [6.07, 6.45) is -18.1. The zero-order valence-electron chi connectivity index (χ0n) is 78.8. The van der Waals surface area contributed by atoms with Crippen molar-refractivity contribution in [2.24, 2.45) is 34.4 Å². The number of benzene rings is 6. The average Bonchev–Trinajstić information content (AvgIpc) is 0.813. The Morgan fingerprint density at radius 3 is 1.92 bits per heavy atom. The van der Waals surface area contributed by atoms with Gasteiger partial charge in [0.05, 0.1) is 40.2 Å². The molecule has 6 heterocycles. The van der Waals surface area contributed by atoms with Gasteiger partial charge < -0.3 is 155 Å². The monoisotopic (exact) mass is 2050 g/mol. The molecular weight excluding hydrogens is 1930 g/mol. The number of aliphatic hydroxyl groups is 7. The summed E-state index contributed by atoms with van der Waals surface area (Å²) < 4.78 is 38.3. The lowest BCUT2D eigenvalue weighted by Crippen LogP contribution is -2.66. The Balaban J connectivity index is 0.935. The number of carboxylic acid groups (broad SMARTS) is 1. The molecule has 1 saturated carbocycles. The molecule has 14 amide bonds. The van der Waals surface area contributed by atoms with E-state index in [1.165, 1.54) is 69.4 Å². The largest absolute Gasteiger partial charge is 0.508 e. The van der Waals surface area contributed by atoms with Gasteiger partial charge in [-0.25, -0.2) is 14.4 Å². The number of halogens is 2. The summed E-state index contributed by atoms with van der Waals surface area (Å²) in [7, 11) is 1.46. The van der Waals surface area contributed by atoms with Gasteiger partial charge in [-0.1, -0.05) is 92.8 Å². The molecule has 13 rings (SSSR count). The normalized spacial score (nSPS) is 24.6. The van der Waals surface area contributed by atoms with Crippen LogP contribution < -0.4 is 84.2 Å². The summed E-state index contributed by atoms with van der Waals surface area (Å²) in [6.45, 7) is 8.35. The molecule has 26 N–H and O–H groups in total. The predicted molar refractivity (Wildman–Crippen MR) is 506 cm³/mol. The van der Waals surface area contributed by atoms with Crippen LogP contribution in [0.25, 0.3) is 11.1 Å². The van der Waals surface area contributed by atoms with Crippen LogP contribution in [0, 0.1) is 22.7 Å². The molecule has 0 spiro atoms. The third kappa shape index (κ3) is 27.5. The first kappa shape index (κ1) is 110. The van der Waals surface area contributed by atoms with Crippen LogP contribution in [0.5, 0.6) is 46.0 Å². The number of urea groups is 1. The minimum atomic E-state index is -2.47. The minimum Gasteiger partial charge on any atom is -0.508 e. The summed E-state index contributed by atoms with van der Waals surface area (Å²) in [6, 6.07) is 2.32. The Morgan fingerprint density at radius 1 is 0.681 bits per heavy atom. The van der Waals surface area contributed by atoms with Crippen molar-refractivity contribution in [1.29, 1.82) is 0 Å². The van der Waals surface area contributed by atoms with Crippen LogP contribution in [-0.2, 0) is 78.4 Å². The zero-order chi connectivity index (χ0) is 105. The van der Waals surface area contributed by atoms with Crippen molar-refractivity contribution in [1.82, 2.24) is 58.1 Å². The molecule has 0 unspecified atom stereocenters. The Labute approximate surface area is 832 Å². The van der Waals surface area contributed by atoms with Gasteiger partial charge >= 0.3 is 18.1 Å². The molecule has 9 bridgehead atoms. The van der Waals surface area contributed by atoms with Crippen LogP contribution in [0.2, 0.25) is 10.0 Å². The number of carboxylic acids is 1. The standard InChI is InChI=1S/C95H115Cl2N15O32/c1-41(2)28-57(100-7)85(127)109-75-77(121)46-17-22-61(54(96)30-46)140-63-32-48-33-64(141-62-23-18-47(31-55(62)97)78(122)76(111-138)90(132)108-74(91(133)134)53-35-51(114)36-60(116)71(53)52-29-45(16-21-59(52)115)43(5)102-88(130)73(48)107-86(128)58(37-66(98)117)105-89(75)131)81(63)142-65-34-49(39-113)79(123)80(124)82(65)143-70-38-95(6,83(125)92(135)144-70)110-94(137)139-40-44-14-19-50(20-15-44)103-84(126)56(12-11-26-101-93(99)136)104-87(129)72(42(3)4)106-67(118)13-9-8-10-27-112-68(119)24-25-69(112)120/h14-25,29-33,35-36,41-43,49,56-58,65,70,72-80,82-83,92,100,113-116,121-125,135H,8-13,26-28,34,37-40H2,1-7H3,(H2,98,117)(H,102,130)(H,103,126)(H,104,129)(H,105,131)(H,106,118)(H,107,128)(H,108,132)(H,109,127)(H,110,137)(H,133,134)(H3,99,101,136)/t43-,49-,56-,57+,58-,65-,70+,72-,73+,74+,75+,76-,77+,78+,79-,80+,82+,83+,92+,95-/m0/s1. The zero-order valence-corrected chi connectivity index (χ0v) is 80.3. The van der Waals surface area contributed by atoms with Gasteiger partial charge in [-0.2, -0.15) is 0 Å². The predicted octanol–water partition coefficient (Wildman–Crippen LogP) is 2.82. The number of fused-ring (bicyclic) bond motifs is 16. The van der Waals surface area contributed by atoms with E-state index in [-0.39, 0.29) is 61.5 Å². The van der Waals surface area contributed by atoms with E-state index in [2.05, 4.69) is 63.7 Å². The Morgan fingerprint density at radius 2 is 1.33 bits per heavy atom. The number of nitrogens with two attached hydrogens (primary N) is 2. The number of anilines is 1. The third-order valence-electron chi connectivity index (χ3n) is 24.8. The summed E-state index contributed by atoms with van der Waals surface area (Å²) in [4.78, 5) is 206. The number of likely N-dealkylation sites (N-methyl/N-ethyl adjacent to an activating group) is 1. The molecule has 7 aliphatic rings. The first-order chi connectivity index (χ1) is 68.2. The highest BCUT2D eigenvalue weighted by Gasteiger charge is 2.53. The van der Waals surface area contributed by atoms with Crippen LogP contribution in [0.4, 0.5) is 15.3 Å². The van der Waals surface area contributed by atoms with Gasteiger partial charge in [0.25, 0.3) is 17.7 Å². The number of ether oxygens (including phenoxy) is 6. The van der Waals surface area contributed by atoms with Crippen molar-refractivity contribution in [2.45, 2.75) is 228 Å². The molecule has 6 aromatic carbocycles. The Bertz CT molecular complexity index is 5820. The molecule has 776 valence electrons. The first-order valence-corrected chi connectivity index (χ1v) is 46.7. The maximum atomic E-state index is 16.0. The van der Waals surface area contributed by atoms with Gasteiger partial charge in [0, 0.05) is 79.1 Å². The summed E-state index contributed by atoms with van der Waals surface area (Å²) >= 11 is 14.3. The van der Waals surface area contributed by atoms with Crippen LogP contribution in [0.3, 0.4) is 0 Å². The van der Waals surface area contributed by atoms with Gasteiger partial charge in [-0.05, 0) is 166 Å². The van der Waals surface area contributed by atoms with E-state index in [1.807, 2.05) is 0 Å². The molecule has 6 aliphatic heterocycles. The van der Waals surface area contributed by atoms with Gasteiger partial charge in [0.2, 0.25) is 53.0 Å². The number of carbonyl (C=O) groups excluding carboxylic acids is 13. The molecule has 2 fully saturated rings. The van der Waals surface area contributed by atoms with Gasteiger partial charge in [0.15, 0.2) is 36.2 Å². The molecule has 144 heavy (non-hydrogen) atoms. The van der Waals surface area contributed by atoms with Crippen LogP contribution >= 0.6 is 23.2 Å². The molecule has 20 atom stereocenters. The smallest absolute Gasteiger partial charge is 0.407 e. The van der Waals surface area contributed by atoms with E-state index >= 15 is 9.59 Å². The molecule has 47 nitrogen and oxygen atoms in total. The van der Waals surface area contributed by atoms with Crippen molar-refractivity contribution >= 4 is 112 Å². The molecule has 6 aromatic rings. The number of rotatable bonds is 33. The van der Waals surface area contributed by atoms with Crippen molar-refractivity contribution in [3.05, 3.63) is 164 Å². The summed E-state index contributed by atoms with van der Waals surface area (Å²) in [5, 5.41) is 158. The summed E-state index contributed by atoms with van der Waals surface area (Å²) in [5.74, 6) is -19.6. The fourth-order valence-corrected chi connectivity index (χ4v) is 17.4. The third-order valence-corrected chi connectivity index (χ3v) is 25.4. The van der Waals surface area contributed by atoms with E-state index in [9.17, 15) is 119 Å². The van der Waals surface area contributed by atoms with E-state index < -0.39 is 326 Å². The molecular formula is C95H115Cl2N15O32. The molecule has 1 aliphatic carbocycles. The van der Waals surface area contributed by atoms with E-state index in [0.29, 0.717) is 24.8 Å². The number of nitroso groups, excluding NO2 is 1. The number of phenolic OH excluding ortho intramolecular Hbond substituents is 3. The lowest BCUT2D eigenvalue weighted by atomic mass is 9.80. The van der Waals surface area contributed by atoms with Crippen LogP contribution in [0.1, 0.15) is 169 Å². The SMILES string of the molecule is CN[C@H](CC(C)C)C(=O)N[C@H]1C(=O)N[C@@H](CC(N)=O)C(=O)N[C@H]2C(=O)N[C@@H](C)c3ccc(O)c(c3)-c3c(O)cc(O)cc3[C@H](C(=O)O)NC(=O)[C@@H](N=O)[C@H](O)c3ccc(c(Cl)c3)Oc3cc2cc(c3O[C@H]2C[C@@H](CO)[C@H](O)[C@@H](O)[C@@H]2O[C@H]2C[C@](C)(NC(=O)OCc3ccc(NC(=O)[C@H](CCCNC(N)=O)NC(=O)[C@@H](NC(=O)CCCCCN4C(=O)C=CC4=O)C(C)C)cc3)[C@H](O)[C@H](O)O2)Oc2ccc(cc2Cl)[C@H]1O. The quantitative estimate of drug-likeness (QED) is 0.0160. The second-order valence-corrected chi connectivity index (χ2v) is 37.1. The maximum absolute atomic E-state index is 16.0. The van der Waals surface area contributed by atoms with Gasteiger partial charge in [-0.3, -0.25) is 57.6 Å². The molecule has 0 aromatic heterocycles. The number of primary amides is 2. The van der Waals surface area contributed by atoms with Crippen molar-refractivity contribution in [3.63, 3.8) is 0 Å². The van der Waals surface area contributed by atoms with Crippen molar-refractivity contribution in [2.75, 3.05) is 32.1 Å². The van der Waals surface area contributed by atoms with Crippen LogP contribution in [0.15, 0.2) is 120 Å². The number of amides is 14. The highest BCUT2D eigenvalue weighted by molar-refractivity contribution is 6.32. The van der Waals surface area contributed by atoms with E-state index in [1.54, 1.807) is 27.7 Å². The molecule has 1 saturated heterocycles. The van der Waals surface area contributed by atoms with Gasteiger partial charge in [-0.15, -0.1) is 4.91 Å². The van der Waals surface area contributed by atoms with Crippen molar-refractivity contribution < 1.29 is 152 Å². The number of carbonyl (C=O) groups is 14. The number of aromatic hydroxyl groups is 3. The number of hydrogen-bond donors (Lipinski definition) is 24. The fourth-order valence-electron chi connectivity index (χ4n) is 17.0. The minimum absolute atomic E-state index is 0.00235. The number of aliphatic hydroxyl groups excluding tert-OH is 7. The number of hydrogen-bond acceptors (Lipinski definition) is 33. The van der Waals surface area contributed by atoms with Gasteiger partial charge in [0.1, 0.15) is 102 Å². The number of phenols is 3. The van der Waals surface area contributed by atoms with E-state index in [0.717, 1.165) is 71.6 Å². The maximum Gasteiger partial charge on any atom is 0.407 e. The highest BCUT2D eigenvalue weighted by Crippen LogP contribution is 2.51. The molecule has 49 heteroatoms. The second kappa shape index (κ2) is 48.9. The number of nitrogens with zero attached hydrogens (tertiary/aromatic N) is 2. The number of unbranched alkanes of at least 4 members (excludes halogenated alkanes) is 2. The van der Waals surface area contributed by atoms with E-state index in [4.69, 9.17) is 63.1 Å². The number of nitrogens with one attached hydrogen (secondary N) is 11. The Kier molecular flexibility index (Phi) is 37.5. The van der Waals surface area contributed by atoms with Crippen LogP contribution in [-0.4, -0.2) is 256 Å². The number of imide groups is 1. The second-order valence-electron chi connectivity index (χ2n) is 36.3. The highest BCUT2D eigenvalue weighted by atomic mass is 35.5. The number of aliphatic carboxylic acids is 1. The fraction of sp³-hybridized carbons (Fsp3) is 0.453. The Hall–Kier alpha value is -14.0. The van der Waals surface area contributed by atoms with Crippen molar-refractivity contribution in [3.8, 4) is 57.1 Å². The lowest BCUT2D eigenvalue weighted by molar-refractivity contribution is -0.328. The first-order valence-electron chi connectivity index (χ1n) is 45.9. The topological polar surface area (TPSA) is 734 Å². The average molecular weight is 2050 g/mol. The number of alkyl carbamates (subject to hydrolysis) is 1. The summed E-state index contributed by atoms with van der Waals surface area (Å²) in [5.41, 5.74) is 6.75.